The summed E-state index contributed by atoms with van der Waals surface area (Å²) in [6.45, 7) is 1.03. The highest BCUT2D eigenvalue weighted by atomic mass is 16.5. The zero-order valence-corrected chi connectivity index (χ0v) is 18.3. The first-order chi connectivity index (χ1) is 16.1. The van der Waals surface area contributed by atoms with Crippen molar-refractivity contribution in [3.05, 3.63) is 77.7 Å². The molecule has 8 nitrogen and oxygen atoms in total. The zero-order valence-electron chi connectivity index (χ0n) is 18.3. The van der Waals surface area contributed by atoms with E-state index < -0.39 is 0 Å². The third-order valence-corrected chi connectivity index (χ3v) is 5.40. The summed E-state index contributed by atoms with van der Waals surface area (Å²) in [5.74, 6) is 0.622. The van der Waals surface area contributed by atoms with E-state index in [0.717, 1.165) is 28.1 Å². The van der Waals surface area contributed by atoms with E-state index in [1.54, 1.807) is 37.2 Å². The second-order valence-corrected chi connectivity index (χ2v) is 7.96. The minimum Gasteiger partial charge on any atom is -0.485 e. The molecule has 0 spiro atoms. The van der Waals surface area contributed by atoms with Gasteiger partial charge in [0.15, 0.2) is 5.76 Å². The number of imidazole rings is 2. The summed E-state index contributed by atoms with van der Waals surface area (Å²) in [6, 6.07) is 13.3. The van der Waals surface area contributed by atoms with Crippen LogP contribution in [0.5, 0.6) is 5.75 Å². The number of hydrogen-bond donors (Lipinski definition) is 2. The maximum absolute atomic E-state index is 13.5. The van der Waals surface area contributed by atoms with E-state index in [4.69, 9.17) is 9.15 Å². The van der Waals surface area contributed by atoms with Gasteiger partial charge >= 0.3 is 0 Å². The van der Waals surface area contributed by atoms with Crippen molar-refractivity contribution in [2.24, 2.45) is 0 Å². The van der Waals surface area contributed by atoms with Gasteiger partial charge in [-0.3, -0.25) is 4.79 Å². The number of likely N-dealkylation sites (N-methyl/N-ethyl adjacent to an activating group) is 1. The van der Waals surface area contributed by atoms with Crippen LogP contribution < -0.4 is 10.2 Å². The van der Waals surface area contributed by atoms with Crippen LogP contribution in [0.25, 0.3) is 44.8 Å². The van der Waals surface area contributed by atoms with Crippen molar-refractivity contribution in [2.45, 2.75) is 0 Å². The molecule has 3 heterocycles. The Labute approximate surface area is 189 Å². The number of benzene rings is 2. The second-order valence-electron chi connectivity index (χ2n) is 7.96. The standard InChI is InChI=1S/C25H23N5O3/c1-30(2)9-10-32-25-23(31)19-11-18(21-13-27-15-29-21)7-8-22(19)33-24(25)17-5-3-16(4-6-17)20-12-26-14-28-20/h3-8,11-15H,9-10H2,1-2H3,(H,26,28)(H,27,29). The van der Waals surface area contributed by atoms with Gasteiger partial charge in [0.05, 0.1) is 41.8 Å². The Morgan fingerprint density at radius 2 is 1.55 bits per heavy atom. The van der Waals surface area contributed by atoms with Crippen LogP contribution >= 0.6 is 0 Å². The predicted octanol–water partition coefficient (Wildman–Crippen LogP) is 4.18. The van der Waals surface area contributed by atoms with Crippen molar-refractivity contribution in [2.75, 3.05) is 27.2 Å². The minimum atomic E-state index is -0.205. The Morgan fingerprint density at radius 1 is 0.909 bits per heavy atom. The Hall–Kier alpha value is -4.17. The first-order valence-corrected chi connectivity index (χ1v) is 10.6. The molecule has 0 aliphatic rings. The number of aromatic amines is 2. The molecule has 0 bridgehead atoms. The molecule has 0 fully saturated rings. The van der Waals surface area contributed by atoms with Gasteiger partial charge in [-0.05, 0) is 37.9 Å². The van der Waals surface area contributed by atoms with Crippen LogP contribution in [-0.4, -0.2) is 52.1 Å². The molecule has 2 N–H and O–H groups in total. The third kappa shape index (κ3) is 4.16. The van der Waals surface area contributed by atoms with E-state index in [1.807, 2.05) is 49.3 Å². The molecule has 0 radical (unpaired) electrons. The monoisotopic (exact) mass is 441 g/mol. The van der Waals surface area contributed by atoms with Gasteiger partial charge in [-0.25, -0.2) is 9.97 Å². The van der Waals surface area contributed by atoms with E-state index in [2.05, 4.69) is 19.9 Å². The number of fused-ring (bicyclic) bond motifs is 1. The Balaban J connectivity index is 1.61. The number of rotatable bonds is 7. The van der Waals surface area contributed by atoms with Crippen LogP contribution in [0.1, 0.15) is 0 Å². The summed E-state index contributed by atoms with van der Waals surface area (Å²) in [5.41, 5.74) is 4.62. The maximum Gasteiger partial charge on any atom is 0.235 e. The minimum absolute atomic E-state index is 0.205. The number of ether oxygens (including phenoxy) is 1. The lowest BCUT2D eigenvalue weighted by molar-refractivity contribution is 0.257. The van der Waals surface area contributed by atoms with Crippen molar-refractivity contribution in [3.8, 4) is 39.6 Å². The number of nitrogens with one attached hydrogen (secondary N) is 2. The molecule has 0 aliphatic heterocycles. The molecular formula is C25H23N5O3. The molecule has 0 amide bonds. The van der Waals surface area contributed by atoms with E-state index in [0.29, 0.717) is 29.9 Å². The molecule has 0 saturated heterocycles. The smallest absolute Gasteiger partial charge is 0.235 e. The van der Waals surface area contributed by atoms with Gasteiger partial charge in [-0.15, -0.1) is 0 Å². The first-order valence-electron chi connectivity index (χ1n) is 10.6. The molecule has 33 heavy (non-hydrogen) atoms. The van der Waals surface area contributed by atoms with E-state index in [9.17, 15) is 4.79 Å². The summed E-state index contributed by atoms with van der Waals surface area (Å²) < 4.78 is 12.2. The van der Waals surface area contributed by atoms with Crippen LogP contribution in [0.3, 0.4) is 0 Å². The Bertz CT molecular complexity index is 1420. The maximum atomic E-state index is 13.5. The molecule has 8 heteroatoms. The number of hydrogen-bond acceptors (Lipinski definition) is 6. The fraction of sp³-hybridized carbons (Fsp3) is 0.160. The topological polar surface area (TPSA) is 100 Å². The van der Waals surface area contributed by atoms with Crippen LogP contribution in [0.2, 0.25) is 0 Å². The Kier molecular flexibility index (Phi) is 5.50. The fourth-order valence-electron chi connectivity index (χ4n) is 3.63. The van der Waals surface area contributed by atoms with Gasteiger partial charge in [0.25, 0.3) is 0 Å². The average Bonchev–Trinajstić information content (AvgIpc) is 3.55. The number of nitrogens with zero attached hydrogens (tertiary/aromatic N) is 3. The molecule has 166 valence electrons. The van der Waals surface area contributed by atoms with E-state index in [-0.39, 0.29) is 11.2 Å². The Morgan fingerprint density at radius 3 is 2.18 bits per heavy atom. The normalized spacial score (nSPS) is 11.4. The van der Waals surface area contributed by atoms with Crippen molar-refractivity contribution in [3.63, 3.8) is 0 Å². The second kappa shape index (κ2) is 8.76. The highest BCUT2D eigenvalue weighted by Gasteiger charge is 2.19. The van der Waals surface area contributed by atoms with Crippen LogP contribution in [0, 0.1) is 0 Å². The third-order valence-electron chi connectivity index (χ3n) is 5.40. The van der Waals surface area contributed by atoms with E-state index >= 15 is 0 Å². The predicted molar refractivity (Wildman–Crippen MR) is 127 cm³/mol. The van der Waals surface area contributed by atoms with Gasteiger partial charge in [-0.1, -0.05) is 24.3 Å². The lowest BCUT2D eigenvalue weighted by Gasteiger charge is -2.14. The number of aromatic nitrogens is 4. The van der Waals surface area contributed by atoms with Gasteiger partial charge < -0.3 is 24.0 Å². The summed E-state index contributed by atoms with van der Waals surface area (Å²) in [4.78, 5) is 29.8. The SMILES string of the molecule is CN(C)CCOc1c(-c2ccc(-c3cnc[nH]3)cc2)oc2ccc(-c3cnc[nH]3)cc2c1=O. The molecule has 5 rings (SSSR count). The largest absolute Gasteiger partial charge is 0.485 e. The van der Waals surface area contributed by atoms with Crippen LogP contribution in [-0.2, 0) is 0 Å². The van der Waals surface area contributed by atoms with Gasteiger partial charge in [-0.2, -0.15) is 0 Å². The van der Waals surface area contributed by atoms with Crippen molar-refractivity contribution < 1.29 is 9.15 Å². The quantitative estimate of drug-likeness (QED) is 0.393. The molecule has 0 saturated carbocycles. The highest BCUT2D eigenvalue weighted by molar-refractivity contribution is 5.86. The summed E-state index contributed by atoms with van der Waals surface area (Å²) in [5, 5.41) is 0.458. The van der Waals surface area contributed by atoms with Gasteiger partial charge in [0.1, 0.15) is 12.2 Å². The lowest BCUT2D eigenvalue weighted by atomic mass is 10.0. The summed E-state index contributed by atoms with van der Waals surface area (Å²) in [6.07, 6.45) is 6.72. The molecule has 5 aromatic rings. The zero-order chi connectivity index (χ0) is 22.8. The fourth-order valence-corrected chi connectivity index (χ4v) is 3.63. The average molecular weight is 441 g/mol. The van der Waals surface area contributed by atoms with Crippen molar-refractivity contribution in [1.29, 1.82) is 0 Å². The van der Waals surface area contributed by atoms with Crippen LogP contribution in [0.4, 0.5) is 0 Å². The molecular weight excluding hydrogens is 418 g/mol. The molecule has 2 aromatic carbocycles. The van der Waals surface area contributed by atoms with Crippen molar-refractivity contribution in [1.82, 2.24) is 24.8 Å². The molecule has 0 unspecified atom stereocenters. The number of H-pyrrole nitrogens is 2. The summed E-state index contributed by atoms with van der Waals surface area (Å²) in [7, 11) is 3.91. The summed E-state index contributed by atoms with van der Waals surface area (Å²) >= 11 is 0. The lowest BCUT2D eigenvalue weighted by Crippen LogP contribution is -2.21. The van der Waals surface area contributed by atoms with Gasteiger partial charge in [0, 0.05) is 17.7 Å². The van der Waals surface area contributed by atoms with E-state index in [1.165, 1.54) is 0 Å². The van der Waals surface area contributed by atoms with Crippen molar-refractivity contribution >= 4 is 11.0 Å². The molecule has 3 aromatic heterocycles. The molecule has 0 atom stereocenters. The van der Waals surface area contributed by atoms with Crippen LogP contribution in [0.15, 0.2) is 76.7 Å². The van der Waals surface area contributed by atoms with Gasteiger partial charge in [0.2, 0.25) is 11.2 Å². The highest BCUT2D eigenvalue weighted by Crippen LogP contribution is 2.33. The first kappa shape index (κ1) is 20.7. The molecule has 0 aliphatic carbocycles.